The Morgan fingerprint density at radius 2 is 1.56 bits per heavy atom. The molecule has 0 spiro atoms. The average Bonchev–Trinajstić information content (AvgIpc) is 2.29. The zero-order valence-electron chi connectivity index (χ0n) is 11.5. The largest absolute Gasteiger partial charge is 0.311 e. The highest BCUT2D eigenvalue weighted by atomic mass is 16.1. The summed E-state index contributed by atoms with van der Waals surface area (Å²) in [5, 5.41) is 0. The molecular formula is C15H18N2O. The lowest BCUT2D eigenvalue weighted by atomic mass is 9.97. The summed E-state index contributed by atoms with van der Waals surface area (Å²) >= 11 is 0. The molecule has 0 amide bonds. The molecule has 3 nitrogen and oxygen atoms in total. The van der Waals surface area contributed by atoms with Crippen LogP contribution in [0.1, 0.15) is 28.1 Å². The maximum atomic E-state index is 11.8. The Morgan fingerprint density at radius 1 is 0.944 bits per heavy atom. The maximum absolute atomic E-state index is 11.8. The fraction of sp³-hybridized carbons (Fsp3) is 0.333. The molecule has 3 heteroatoms. The van der Waals surface area contributed by atoms with Crippen LogP contribution in [0.3, 0.4) is 0 Å². The van der Waals surface area contributed by atoms with Crippen molar-refractivity contribution in [3.8, 4) is 11.3 Å². The van der Waals surface area contributed by atoms with E-state index in [1.54, 1.807) is 6.92 Å². The van der Waals surface area contributed by atoms with Crippen LogP contribution < -0.4 is 5.56 Å². The Balaban J connectivity index is 2.77. The molecule has 0 saturated heterocycles. The van der Waals surface area contributed by atoms with Gasteiger partial charge in [-0.1, -0.05) is 6.07 Å². The van der Waals surface area contributed by atoms with Crippen LogP contribution in [0.2, 0.25) is 0 Å². The predicted octanol–water partition coefficient (Wildman–Crippen LogP) is 2.98. The number of aromatic amines is 1. The van der Waals surface area contributed by atoms with Crippen LogP contribution in [0.5, 0.6) is 0 Å². The summed E-state index contributed by atoms with van der Waals surface area (Å²) < 4.78 is 0. The van der Waals surface area contributed by atoms with Crippen molar-refractivity contribution in [3.63, 3.8) is 0 Å². The van der Waals surface area contributed by atoms with E-state index in [1.165, 1.54) is 11.1 Å². The van der Waals surface area contributed by atoms with Gasteiger partial charge in [-0.2, -0.15) is 0 Å². The molecule has 0 saturated carbocycles. The zero-order valence-corrected chi connectivity index (χ0v) is 11.5. The van der Waals surface area contributed by atoms with Gasteiger partial charge in [0, 0.05) is 11.1 Å². The van der Waals surface area contributed by atoms with E-state index in [9.17, 15) is 4.79 Å². The molecule has 0 atom stereocenters. The number of H-pyrrole nitrogens is 1. The van der Waals surface area contributed by atoms with Gasteiger partial charge >= 0.3 is 0 Å². The van der Waals surface area contributed by atoms with Crippen molar-refractivity contribution < 1.29 is 0 Å². The molecule has 1 N–H and O–H groups in total. The molecule has 0 aliphatic heterocycles. The Hall–Kier alpha value is -1.90. The second kappa shape index (κ2) is 4.41. The minimum absolute atomic E-state index is 0.0601. The van der Waals surface area contributed by atoms with Gasteiger partial charge in [0.2, 0.25) is 0 Å². The van der Waals surface area contributed by atoms with Crippen LogP contribution in [0, 0.1) is 34.6 Å². The third kappa shape index (κ3) is 2.08. The SMILES string of the molecule is Cc1nc(-c2cc(C)c(C)cc2C)c(C)c(=O)[nH]1. The standard InChI is InChI=1S/C15H18N2O/c1-8-6-10(3)13(7-9(8)2)14-11(4)15(18)17-12(5)16-14/h6-7H,1-5H3,(H,16,17,18). The molecule has 0 aliphatic carbocycles. The topological polar surface area (TPSA) is 45.8 Å². The van der Waals surface area contributed by atoms with Gasteiger partial charge in [-0.15, -0.1) is 0 Å². The van der Waals surface area contributed by atoms with Crippen LogP contribution in [0.4, 0.5) is 0 Å². The van der Waals surface area contributed by atoms with E-state index in [0.717, 1.165) is 16.8 Å². The highest BCUT2D eigenvalue weighted by Gasteiger charge is 2.11. The molecule has 0 aliphatic rings. The van der Waals surface area contributed by atoms with Gasteiger partial charge in [0.05, 0.1) is 5.69 Å². The smallest absolute Gasteiger partial charge is 0.254 e. The van der Waals surface area contributed by atoms with Crippen molar-refractivity contribution >= 4 is 0 Å². The van der Waals surface area contributed by atoms with Gasteiger partial charge in [-0.05, 0) is 57.4 Å². The summed E-state index contributed by atoms with van der Waals surface area (Å²) in [7, 11) is 0. The molecule has 1 aromatic heterocycles. The van der Waals surface area contributed by atoms with Gasteiger partial charge in [-0.25, -0.2) is 4.98 Å². The van der Waals surface area contributed by atoms with Crippen LogP contribution >= 0.6 is 0 Å². The van der Waals surface area contributed by atoms with Crippen molar-refractivity contribution in [2.24, 2.45) is 0 Å². The Morgan fingerprint density at radius 3 is 2.22 bits per heavy atom. The van der Waals surface area contributed by atoms with Gasteiger partial charge in [0.1, 0.15) is 5.82 Å². The van der Waals surface area contributed by atoms with E-state index in [0.29, 0.717) is 11.4 Å². The highest BCUT2D eigenvalue weighted by molar-refractivity contribution is 5.67. The summed E-state index contributed by atoms with van der Waals surface area (Å²) in [4.78, 5) is 19.0. The number of benzene rings is 1. The third-order valence-electron chi connectivity index (χ3n) is 3.37. The second-order valence-electron chi connectivity index (χ2n) is 4.88. The van der Waals surface area contributed by atoms with Gasteiger partial charge in [-0.3, -0.25) is 4.79 Å². The lowest BCUT2D eigenvalue weighted by Crippen LogP contribution is -2.14. The van der Waals surface area contributed by atoms with Crippen molar-refractivity contribution in [2.75, 3.05) is 0 Å². The predicted molar refractivity (Wildman–Crippen MR) is 74.0 cm³/mol. The molecule has 1 heterocycles. The molecule has 18 heavy (non-hydrogen) atoms. The number of nitrogens with zero attached hydrogens (tertiary/aromatic N) is 1. The Bertz CT molecular complexity index is 669. The summed E-state index contributed by atoms with van der Waals surface area (Å²) in [5.74, 6) is 0.651. The van der Waals surface area contributed by atoms with Crippen LogP contribution in [-0.4, -0.2) is 9.97 Å². The lowest BCUT2D eigenvalue weighted by molar-refractivity contribution is 0.997. The Kier molecular flexibility index (Phi) is 3.07. The van der Waals surface area contributed by atoms with Crippen LogP contribution in [0.15, 0.2) is 16.9 Å². The minimum atomic E-state index is -0.0601. The first-order valence-electron chi connectivity index (χ1n) is 6.06. The van der Waals surface area contributed by atoms with E-state index in [-0.39, 0.29) is 5.56 Å². The molecule has 1 aromatic carbocycles. The minimum Gasteiger partial charge on any atom is -0.311 e. The lowest BCUT2D eigenvalue weighted by Gasteiger charge is -2.11. The van der Waals surface area contributed by atoms with Gasteiger partial charge in [0.15, 0.2) is 0 Å². The molecule has 0 radical (unpaired) electrons. The molecule has 2 aromatic rings. The number of nitrogens with one attached hydrogen (secondary N) is 1. The molecule has 2 rings (SSSR count). The van der Waals surface area contributed by atoms with Gasteiger partial charge < -0.3 is 4.98 Å². The van der Waals surface area contributed by atoms with E-state index < -0.39 is 0 Å². The van der Waals surface area contributed by atoms with Crippen LogP contribution in [-0.2, 0) is 0 Å². The van der Waals surface area contributed by atoms with Crippen molar-refractivity contribution in [1.82, 2.24) is 9.97 Å². The second-order valence-corrected chi connectivity index (χ2v) is 4.88. The Labute approximate surface area is 107 Å². The number of aryl methyl sites for hydroxylation is 4. The first kappa shape index (κ1) is 12.6. The summed E-state index contributed by atoms with van der Waals surface area (Å²) in [6.45, 7) is 9.85. The molecule has 0 unspecified atom stereocenters. The summed E-state index contributed by atoms with van der Waals surface area (Å²) in [6, 6.07) is 4.25. The molecule has 0 bridgehead atoms. The number of aromatic nitrogens is 2. The van der Waals surface area contributed by atoms with Crippen molar-refractivity contribution in [1.29, 1.82) is 0 Å². The first-order valence-corrected chi connectivity index (χ1v) is 6.06. The number of hydrogen-bond acceptors (Lipinski definition) is 2. The zero-order chi connectivity index (χ0) is 13.4. The number of hydrogen-bond donors (Lipinski definition) is 1. The summed E-state index contributed by atoms with van der Waals surface area (Å²) in [6.07, 6.45) is 0. The molecule has 94 valence electrons. The quantitative estimate of drug-likeness (QED) is 0.835. The average molecular weight is 242 g/mol. The highest BCUT2D eigenvalue weighted by Crippen LogP contribution is 2.26. The number of rotatable bonds is 1. The van der Waals surface area contributed by atoms with Gasteiger partial charge in [0.25, 0.3) is 5.56 Å². The van der Waals surface area contributed by atoms with E-state index in [1.807, 2.05) is 6.92 Å². The third-order valence-corrected chi connectivity index (χ3v) is 3.37. The van der Waals surface area contributed by atoms with E-state index in [2.05, 4.69) is 42.9 Å². The van der Waals surface area contributed by atoms with E-state index >= 15 is 0 Å². The fourth-order valence-corrected chi connectivity index (χ4v) is 2.12. The monoisotopic (exact) mass is 242 g/mol. The summed E-state index contributed by atoms with van der Waals surface area (Å²) in [5.41, 5.74) is 6.08. The fourth-order valence-electron chi connectivity index (χ4n) is 2.12. The van der Waals surface area contributed by atoms with E-state index in [4.69, 9.17) is 0 Å². The van der Waals surface area contributed by atoms with Crippen molar-refractivity contribution in [3.05, 3.63) is 50.6 Å². The van der Waals surface area contributed by atoms with Crippen LogP contribution in [0.25, 0.3) is 11.3 Å². The molecule has 0 fully saturated rings. The maximum Gasteiger partial charge on any atom is 0.254 e. The van der Waals surface area contributed by atoms with Crippen molar-refractivity contribution in [2.45, 2.75) is 34.6 Å². The normalized spacial score (nSPS) is 10.7. The first-order chi connectivity index (χ1) is 8.40. The molecular weight excluding hydrogens is 224 g/mol.